The monoisotopic (exact) mass is 453 g/mol. The van der Waals surface area contributed by atoms with Crippen LogP contribution in [0.2, 0.25) is 5.02 Å². The number of benzene rings is 2. The summed E-state index contributed by atoms with van der Waals surface area (Å²) in [5.41, 5.74) is 1.48. The third-order valence-electron chi connectivity index (χ3n) is 5.55. The van der Waals surface area contributed by atoms with Crippen molar-refractivity contribution in [2.75, 3.05) is 37.6 Å². The molecule has 166 valence electrons. The molecule has 0 bridgehead atoms. The van der Waals surface area contributed by atoms with Crippen molar-refractivity contribution in [3.63, 3.8) is 0 Å². The van der Waals surface area contributed by atoms with Gasteiger partial charge in [-0.25, -0.2) is 4.98 Å². The summed E-state index contributed by atoms with van der Waals surface area (Å²) < 4.78 is 1.42. The van der Waals surface area contributed by atoms with Crippen LogP contribution >= 0.6 is 11.6 Å². The van der Waals surface area contributed by atoms with Gasteiger partial charge in [-0.3, -0.25) is 19.0 Å². The number of para-hydroxylation sites is 1. The van der Waals surface area contributed by atoms with Crippen molar-refractivity contribution >= 4 is 40.0 Å². The minimum Gasteiger partial charge on any atom is -0.368 e. The molecule has 0 spiro atoms. The van der Waals surface area contributed by atoms with Gasteiger partial charge in [0.2, 0.25) is 11.8 Å². The highest BCUT2D eigenvalue weighted by atomic mass is 35.5. The second-order valence-corrected chi connectivity index (χ2v) is 8.07. The molecular formula is C23H24ClN5O3. The van der Waals surface area contributed by atoms with Crippen molar-refractivity contribution in [2.45, 2.75) is 13.0 Å². The average Bonchev–Trinajstić information content (AvgIpc) is 2.82. The van der Waals surface area contributed by atoms with Crippen LogP contribution in [-0.2, 0) is 16.1 Å². The van der Waals surface area contributed by atoms with Crippen LogP contribution in [0.1, 0.15) is 6.42 Å². The SMILES string of the molecule is O=C(CCn1cnc2ccccc2c1=O)NCC(=O)N1CCN(c2cccc(Cl)c2)CC1. The molecule has 0 atom stereocenters. The Labute approximate surface area is 190 Å². The number of anilines is 1. The molecule has 2 aromatic carbocycles. The lowest BCUT2D eigenvalue weighted by Gasteiger charge is -2.36. The molecule has 1 aliphatic rings. The van der Waals surface area contributed by atoms with E-state index in [1.54, 1.807) is 23.1 Å². The number of amides is 2. The summed E-state index contributed by atoms with van der Waals surface area (Å²) >= 11 is 6.06. The predicted octanol–water partition coefficient (Wildman–Crippen LogP) is 1.91. The number of hydrogen-bond donors (Lipinski definition) is 1. The second kappa shape index (κ2) is 9.82. The Kier molecular flexibility index (Phi) is 6.70. The van der Waals surface area contributed by atoms with Crippen LogP contribution in [0.25, 0.3) is 10.9 Å². The highest BCUT2D eigenvalue weighted by Crippen LogP contribution is 2.20. The lowest BCUT2D eigenvalue weighted by molar-refractivity contribution is -0.133. The summed E-state index contributed by atoms with van der Waals surface area (Å²) in [6.45, 7) is 2.73. The summed E-state index contributed by atoms with van der Waals surface area (Å²) in [6.07, 6.45) is 1.54. The molecule has 0 saturated carbocycles. The van der Waals surface area contributed by atoms with E-state index in [1.807, 2.05) is 30.3 Å². The van der Waals surface area contributed by atoms with E-state index in [2.05, 4.69) is 15.2 Å². The Hall–Kier alpha value is -3.39. The number of carbonyl (C=O) groups excluding carboxylic acids is 2. The van der Waals surface area contributed by atoms with Crippen molar-refractivity contribution in [1.82, 2.24) is 19.8 Å². The number of nitrogens with zero attached hydrogens (tertiary/aromatic N) is 4. The minimum atomic E-state index is -0.282. The number of aryl methyl sites for hydroxylation is 1. The van der Waals surface area contributed by atoms with E-state index in [4.69, 9.17) is 11.6 Å². The summed E-state index contributed by atoms with van der Waals surface area (Å²) in [4.78, 5) is 45.4. The van der Waals surface area contributed by atoms with Crippen LogP contribution in [0, 0.1) is 0 Å². The van der Waals surface area contributed by atoms with Gasteiger partial charge in [0.15, 0.2) is 0 Å². The minimum absolute atomic E-state index is 0.0547. The van der Waals surface area contributed by atoms with E-state index in [9.17, 15) is 14.4 Å². The van der Waals surface area contributed by atoms with Gasteiger partial charge in [-0.15, -0.1) is 0 Å². The van der Waals surface area contributed by atoms with Gasteiger partial charge in [0.05, 0.1) is 23.8 Å². The van der Waals surface area contributed by atoms with E-state index in [0.29, 0.717) is 42.1 Å². The standard InChI is InChI=1S/C23H24ClN5O3/c24-17-4-3-5-18(14-17)27-10-12-28(13-11-27)22(31)15-25-21(30)8-9-29-16-26-20-7-2-1-6-19(20)23(29)32/h1-7,14,16H,8-13,15H2,(H,25,30). The van der Waals surface area contributed by atoms with Crippen LogP contribution in [0.4, 0.5) is 5.69 Å². The maximum Gasteiger partial charge on any atom is 0.261 e. The lowest BCUT2D eigenvalue weighted by Crippen LogP contribution is -2.51. The fourth-order valence-electron chi connectivity index (χ4n) is 3.75. The zero-order chi connectivity index (χ0) is 22.5. The van der Waals surface area contributed by atoms with Gasteiger partial charge in [-0.05, 0) is 30.3 Å². The Morgan fingerprint density at radius 2 is 1.81 bits per heavy atom. The molecule has 1 aromatic heterocycles. The van der Waals surface area contributed by atoms with Gasteiger partial charge >= 0.3 is 0 Å². The normalized spacial score (nSPS) is 13.9. The first kappa shape index (κ1) is 21.8. The number of halogens is 1. The molecule has 8 nitrogen and oxygen atoms in total. The van der Waals surface area contributed by atoms with Gasteiger partial charge in [-0.1, -0.05) is 29.8 Å². The van der Waals surface area contributed by atoms with Crippen molar-refractivity contribution in [3.05, 3.63) is 70.2 Å². The number of hydrogen-bond acceptors (Lipinski definition) is 5. The molecule has 0 unspecified atom stereocenters. The first-order valence-electron chi connectivity index (χ1n) is 10.5. The van der Waals surface area contributed by atoms with Crippen LogP contribution in [0.15, 0.2) is 59.7 Å². The second-order valence-electron chi connectivity index (χ2n) is 7.63. The summed E-state index contributed by atoms with van der Waals surface area (Å²) in [6, 6.07) is 14.7. The van der Waals surface area contributed by atoms with Gasteiger partial charge in [0.25, 0.3) is 5.56 Å². The molecule has 0 aliphatic carbocycles. The van der Waals surface area contributed by atoms with Crippen LogP contribution < -0.4 is 15.8 Å². The molecule has 1 fully saturated rings. The highest BCUT2D eigenvalue weighted by molar-refractivity contribution is 6.30. The first-order chi connectivity index (χ1) is 15.5. The van der Waals surface area contributed by atoms with Crippen molar-refractivity contribution in [1.29, 1.82) is 0 Å². The quantitative estimate of drug-likeness (QED) is 0.616. The number of fused-ring (bicyclic) bond motifs is 1. The fraction of sp³-hybridized carbons (Fsp3) is 0.304. The number of rotatable bonds is 6. The topological polar surface area (TPSA) is 87.5 Å². The lowest BCUT2D eigenvalue weighted by atomic mass is 10.2. The predicted molar refractivity (Wildman–Crippen MR) is 124 cm³/mol. The maximum absolute atomic E-state index is 12.5. The zero-order valence-corrected chi connectivity index (χ0v) is 18.3. The van der Waals surface area contributed by atoms with Crippen LogP contribution in [-0.4, -0.2) is 59.0 Å². The van der Waals surface area contributed by atoms with Gasteiger partial charge < -0.3 is 15.1 Å². The third kappa shape index (κ3) is 5.08. The molecule has 32 heavy (non-hydrogen) atoms. The van der Waals surface area contributed by atoms with Gasteiger partial charge in [0.1, 0.15) is 0 Å². The Morgan fingerprint density at radius 1 is 1.03 bits per heavy atom. The molecule has 3 aromatic rings. The largest absolute Gasteiger partial charge is 0.368 e. The molecule has 4 rings (SSSR count). The van der Waals surface area contributed by atoms with Crippen LogP contribution in [0.5, 0.6) is 0 Å². The first-order valence-corrected chi connectivity index (χ1v) is 10.9. The molecule has 2 heterocycles. The average molecular weight is 454 g/mol. The fourth-order valence-corrected chi connectivity index (χ4v) is 3.93. The van der Waals surface area contributed by atoms with E-state index < -0.39 is 0 Å². The molecule has 1 N–H and O–H groups in total. The summed E-state index contributed by atoms with van der Waals surface area (Å²) in [5, 5.41) is 3.86. The number of piperazine rings is 1. The molecule has 0 radical (unpaired) electrons. The summed E-state index contributed by atoms with van der Waals surface area (Å²) in [5.74, 6) is -0.399. The molecule has 1 aliphatic heterocycles. The maximum atomic E-state index is 12.5. The van der Waals surface area contributed by atoms with E-state index in [1.165, 1.54) is 10.9 Å². The highest BCUT2D eigenvalue weighted by Gasteiger charge is 2.21. The zero-order valence-electron chi connectivity index (χ0n) is 17.5. The molecule has 2 amide bonds. The van der Waals surface area contributed by atoms with Crippen molar-refractivity contribution in [2.24, 2.45) is 0 Å². The molecule has 9 heteroatoms. The van der Waals surface area contributed by atoms with E-state index in [-0.39, 0.29) is 36.9 Å². The number of aromatic nitrogens is 2. The summed E-state index contributed by atoms with van der Waals surface area (Å²) in [7, 11) is 0. The smallest absolute Gasteiger partial charge is 0.261 e. The van der Waals surface area contributed by atoms with Crippen molar-refractivity contribution in [3.8, 4) is 0 Å². The Bertz CT molecular complexity index is 1190. The van der Waals surface area contributed by atoms with Crippen LogP contribution in [0.3, 0.4) is 0 Å². The third-order valence-corrected chi connectivity index (χ3v) is 5.79. The Morgan fingerprint density at radius 3 is 2.59 bits per heavy atom. The van der Waals surface area contributed by atoms with E-state index in [0.717, 1.165) is 5.69 Å². The number of carbonyl (C=O) groups is 2. The van der Waals surface area contributed by atoms with Crippen molar-refractivity contribution < 1.29 is 9.59 Å². The van der Waals surface area contributed by atoms with Gasteiger partial charge in [0, 0.05) is 49.9 Å². The molecule has 1 saturated heterocycles. The number of nitrogens with one attached hydrogen (secondary N) is 1. The van der Waals surface area contributed by atoms with Gasteiger partial charge in [-0.2, -0.15) is 0 Å². The van der Waals surface area contributed by atoms with E-state index >= 15 is 0 Å². The molecular weight excluding hydrogens is 430 g/mol. The Balaban J connectivity index is 1.23.